The summed E-state index contributed by atoms with van der Waals surface area (Å²) < 4.78 is 18.5. The Morgan fingerprint density at radius 1 is 0.724 bits per heavy atom. The third kappa shape index (κ3) is 11.5. The Labute approximate surface area is 359 Å². The van der Waals surface area contributed by atoms with Gasteiger partial charge in [-0.2, -0.15) is 10.2 Å². The highest BCUT2D eigenvalue weighted by Gasteiger charge is 2.17. The lowest BCUT2D eigenvalue weighted by Gasteiger charge is -2.06. The van der Waals surface area contributed by atoms with Crippen molar-refractivity contribution in [1.82, 2.24) is 40.0 Å². The Kier molecular flexibility index (Phi) is 15.6. The van der Waals surface area contributed by atoms with Gasteiger partial charge in [-0.25, -0.2) is 4.79 Å². The molecule has 0 spiro atoms. The van der Waals surface area contributed by atoms with Gasteiger partial charge < -0.3 is 24.6 Å². The van der Waals surface area contributed by atoms with E-state index in [0.717, 1.165) is 33.8 Å². The molecule has 0 fully saturated rings. The smallest absolute Gasteiger partial charge is 0.369 e. The molecule has 0 aliphatic carbocycles. The zero-order chi connectivity index (χ0) is 40.3. The molecule has 6 heterocycles. The van der Waals surface area contributed by atoms with E-state index in [4.69, 9.17) is 65.7 Å². The summed E-state index contributed by atoms with van der Waals surface area (Å²) in [6.07, 6.45) is 9.63. The molecular formula is C37H32Cl4N10O5S2. The number of halogens is 4. The first kappa shape index (κ1) is 43.6. The molecule has 0 bridgehead atoms. The monoisotopic (exact) mass is 900 g/mol. The zero-order valence-electron chi connectivity index (χ0n) is 29.4. The highest BCUT2D eigenvalue weighted by Crippen LogP contribution is 2.28. The van der Waals surface area contributed by atoms with Crippen LogP contribution in [0.5, 0.6) is 0 Å². The summed E-state index contributed by atoms with van der Waals surface area (Å²) in [5.74, 6) is 0.340. The maximum absolute atomic E-state index is 12.4. The van der Waals surface area contributed by atoms with Gasteiger partial charge in [0.1, 0.15) is 0 Å². The number of carbonyl (C=O) groups excluding carboxylic acids is 2. The Bertz CT molecular complexity index is 2510. The maximum Gasteiger partial charge on any atom is 0.369 e. The molecule has 2 aromatic carbocycles. The number of nitrogens with one attached hydrogen (secondary N) is 1. The Balaban J connectivity index is 0.000000177. The lowest BCUT2D eigenvalue weighted by molar-refractivity contribution is 0.0524. The number of nitrogen functional groups attached to an aromatic ring is 1. The van der Waals surface area contributed by atoms with Crippen molar-refractivity contribution in [3.8, 4) is 21.5 Å². The SMILES string of the molecule is C.CCOC(=O)c1nnc(-c2ccco2)s1.Nc1cnn(Cc2c(Cl)cccc2Cl)c1.O=C(Nc1cnn(Cc2c(Cl)cccc2Cl)c1)c1nnc(-c2ccco2)s1. The van der Waals surface area contributed by atoms with Crippen molar-refractivity contribution in [2.75, 3.05) is 17.7 Å². The molecule has 6 aromatic heterocycles. The van der Waals surface area contributed by atoms with Crippen LogP contribution in [-0.4, -0.2) is 58.4 Å². The van der Waals surface area contributed by atoms with Crippen molar-refractivity contribution < 1.29 is 23.2 Å². The third-order valence-corrected chi connectivity index (χ3v) is 10.5. The minimum absolute atomic E-state index is 0. The van der Waals surface area contributed by atoms with Crippen molar-refractivity contribution in [1.29, 1.82) is 0 Å². The number of aromatic nitrogens is 8. The highest BCUT2D eigenvalue weighted by molar-refractivity contribution is 7.16. The quantitative estimate of drug-likeness (QED) is 0.124. The van der Waals surface area contributed by atoms with Crippen LogP contribution in [-0.2, 0) is 17.8 Å². The van der Waals surface area contributed by atoms with Gasteiger partial charge in [-0.1, -0.05) is 88.6 Å². The van der Waals surface area contributed by atoms with Crippen molar-refractivity contribution >= 4 is 92.3 Å². The summed E-state index contributed by atoms with van der Waals surface area (Å²) in [6, 6.07) is 17.7. The van der Waals surface area contributed by atoms with Crippen LogP contribution >= 0.6 is 69.1 Å². The van der Waals surface area contributed by atoms with E-state index in [9.17, 15) is 9.59 Å². The molecule has 3 N–H and O–H groups in total. The summed E-state index contributed by atoms with van der Waals surface area (Å²) in [5.41, 5.74) is 8.32. The second kappa shape index (κ2) is 20.7. The molecule has 15 nitrogen and oxygen atoms in total. The molecule has 8 aromatic rings. The van der Waals surface area contributed by atoms with Crippen molar-refractivity contribution in [3.05, 3.63) is 139 Å². The van der Waals surface area contributed by atoms with Gasteiger partial charge in [0.2, 0.25) is 10.0 Å². The number of amides is 1. The molecule has 8 rings (SSSR count). The summed E-state index contributed by atoms with van der Waals surface area (Å²) >= 11 is 26.7. The molecule has 0 aliphatic heterocycles. The van der Waals surface area contributed by atoms with Gasteiger partial charge in [-0.15, -0.1) is 20.4 Å². The molecule has 1 amide bonds. The molecule has 0 saturated carbocycles. The lowest BCUT2D eigenvalue weighted by Crippen LogP contribution is -2.11. The van der Waals surface area contributed by atoms with Gasteiger partial charge in [-0.3, -0.25) is 14.2 Å². The van der Waals surface area contributed by atoms with E-state index in [2.05, 4.69) is 35.9 Å². The van der Waals surface area contributed by atoms with Crippen LogP contribution in [0.25, 0.3) is 21.5 Å². The number of ether oxygens (including phenoxy) is 1. The summed E-state index contributed by atoms with van der Waals surface area (Å²) in [4.78, 5) is 23.6. The number of hydrogen-bond donors (Lipinski definition) is 2. The largest absolute Gasteiger partial charge is 0.462 e. The number of nitrogens with two attached hydrogens (primary N) is 1. The summed E-state index contributed by atoms with van der Waals surface area (Å²) in [6.45, 7) is 2.98. The number of carbonyl (C=O) groups is 2. The predicted molar refractivity (Wildman–Crippen MR) is 226 cm³/mol. The van der Waals surface area contributed by atoms with Gasteiger partial charge >= 0.3 is 5.97 Å². The van der Waals surface area contributed by atoms with E-state index in [1.54, 1.807) is 95.7 Å². The molecule has 0 atom stereocenters. The van der Waals surface area contributed by atoms with E-state index in [-0.39, 0.29) is 23.3 Å². The Morgan fingerprint density at radius 2 is 1.22 bits per heavy atom. The second-order valence-electron chi connectivity index (χ2n) is 11.3. The summed E-state index contributed by atoms with van der Waals surface area (Å²) in [5, 5.41) is 30.4. The van der Waals surface area contributed by atoms with Crippen molar-refractivity contribution in [3.63, 3.8) is 0 Å². The molecule has 58 heavy (non-hydrogen) atoms. The average Bonchev–Trinajstić information content (AvgIpc) is 4.04. The third-order valence-electron chi connectivity index (χ3n) is 7.27. The number of rotatable bonds is 10. The predicted octanol–water partition coefficient (Wildman–Crippen LogP) is 10.0. The summed E-state index contributed by atoms with van der Waals surface area (Å²) in [7, 11) is 0. The normalized spacial score (nSPS) is 10.4. The number of furan rings is 2. The highest BCUT2D eigenvalue weighted by atomic mass is 35.5. The fraction of sp³-hybridized carbons (Fsp3) is 0.135. The zero-order valence-corrected chi connectivity index (χ0v) is 34.0. The topological polar surface area (TPSA) is 195 Å². The Morgan fingerprint density at radius 3 is 1.71 bits per heavy atom. The second-order valence-corrected chi connectivity index (χ2v) is 14.8. The van der Waals surface area contributed by atoms with Crippen LogP contribution in [0.1, 0.15) is 45.1 Å². The lowest BCUT2D eigenvalue weighted by atomic mass is 10.2. The fourth-order valence-corrected chi connectivity index (χ4v) is 7.12. The first-order chi connectivity index (χ1) is 27.6. The number of nitrogens with zero attached hydrogens (tertiary/aromatic N) is 8. The van der Waals surface area contributed by atoms with Crippen LogP contribution in [0, 0.1) is 0 Å². The van der Waals surface area contributed by atoms with Crippen LogP contribution in [0.3, 0.4) is 0 Å². The first-order valence-corrected chi connectivity index (χ1v) is 19.6. The number of anilines is 2. The van der Waals surface area contributed by atoms with Crippen LogP contribution in [0.15, 0.2) is 107 Å². The van der Waals surface area contributed by atoms with E-state index >= 15 is 0 Å². The number of esters is 1. The van der Waals surface area contributed by atoms with Crippen LogP contribution < -0.4 is 11.1 Å². The molecule has 0 saturated heterocycles. The van der Waals surface area contributed by atoms with Gasteiger partial charge in [0, 0.05) is 43.6 Å². The van der Waals surface area contributed by atoms with Gasteiger partial charge in [0.05, 0.1) is 56.0 Å². The molecule has 300 valence electrons. The minimum Gasteiger partial charge on any atom is -0.462 e. The standard InChI is InChI=1S/C17H11Cl2N5O2S.C10H9Cl2N3.C9H8N2O3S.CH4/c18-12-3-1-4-13(19)11(12)9-24-8-10(7-20-24)21-15(25)17-23-22-16(27-17)14-5-2-6-26-14;11-9-2-1-3-10(12)8(9)6-15-5-7(13)4-14-15;1-2-13-9(12)8-11-10-7(15-8)6-4-3-5-14-6;/h1-8H,9H2,(H,21,25);1-5H,6,13H2;3-5H,2H2,1H3;1H4. The van der Waals surface area contributed by atoms with E-state index in [1.165, 1.54) is 12.5 Å². The first-order valence-electron chi connectivity index (χ1n) is 16.5. The molecule has 0 aliphatic rings. The van der Waals surface area contributed by atoms with Gasteiger partial charge in [0.25, 0.3) is 5.91 Å². The van der Waals surface area contributed by atoms with E-state index in [0.29, 0.717) is 72.7 Å². The van der Waals surface area contributed by atoms with Crippen molar-refractivity contribution in [2.24, 2.45) is 0 Å². The molecule has 0 unspecified atom stereocenters. The molecule has 21 heteroatoms. The van der Waals surface area contributed by atoms with Crippen LogP contribution in [0.4, 0.5) is 11.4 Å². The fourth-order valence-electron chi connectivity index (χ4n) is 4.67. The van der Waals surface area contributed by atoms with E-state index in [1.807, 2.05) is 6.07 Å². The molecular weight excluding hydrogens is 870 g/mol. The Hall–Kier alpha value is -5.56. The van der Waals surface area contributed by atoms with Gasteiger partial charge in [0.15, 0.2) is 21.5 Å². The molecule has 0 radical (unpaired) electrons. The number of hydrogen-bond acceptors (Lipinski definition) is 14. The maximum atomic E-state index is 12.4. The van der Waals surface area contributed by atoms with E-state index < -0.39 is 5.97 Å². The van der Waals surface area contributed by atoms with Crippen molar-refractivity contribution in [2.45, 2.75) is 27.4 Å². The van der Waals surface area contributed by atoms with Crippen LogP contribution in [0.2, 0.25) is 20.1 Å². The average molecular weight is 903 g/mol. The van der Waals surface area contributed by atoms with Gasteiger partial charge in [-0.05, 0) is 55.5 Å². The number of benzene rings is 2. The minimum atomic E-state index is -0.451.